The molecule has 2 nitrogen and oxygen atoms in total. The van der Waals surface area contributed by atoms with Crippen LogP contribution in [-0.2, 0) is 0 Å². The molecule has 0 spiro atoms. The van der Waals surface area contributed by atoms with Gasteiger partial charge in [-0.1, -0.05) is 6.92 Å². The second-order valence-corrected chi connectivity index (χ2v) is 2.08. The van der Waals surface area contributed by atoms with Gasteiger partial charge in [0.2, 0.25) is 0 Å². The summed E-state index contributed by atoms with van der Waals surface area (Å²) in [6.45, 7) is 7.08. The second kappa shape index (κ2) is 4.24. The molecule has 0 amide bonds. The van der Waals surface area contributed by atoms with Crippen molar-refractivity contribution in [3.8, 4) is 0 Å². The van der Waals surface area contributed by atoms with E-state index in [2.05, 4.69) is 12.2 Å². The van der Waals surface area contributed by atoms with Crippen molar-refractivity contribution in [1.29, 1.82) is 0 Å². The minimum absolute atomic E-state index is 0.833. The molecule has 0 atom stereocenters. The van der Waals surface area contributed by atoms with Gasteiger partial charge in [0, 0.05) is 6.54 Å². The molecule has 0 bridgehead atoms. The van der Waals surface area contributed by atoms with E-state index < -0.39 is 0 Å². The normalized spacial score (nSPS) is 12.8. The van der Waals surface area contributed by atoms with Gasteiger partial charge in [0.1, 0.15) is 0 Å². The lowest BCUT2D eigenvalue weighted by Crippen LogP contribution is -2.20. The zero-order valence-electron chi connectivity index (χ0n) is 6.49. The van der Waals surface area contributed by atoms with Crippen LogP contribution < -0.4 is 11.1 Å². The maximum Gasteiger partial charge on any atom is 0.0948 e. The van der Waals surface area contributed by atoms with Crippen molar-refractivity contribution in [1.82, 2.24) is 5.32 Å². The summed E-state index contributed by atoms with van der Waals surface area (Å²) < 4.78 is 0. The lowest BCUT2D eigenvalue weighted by Gasteiger charge is -2.05. The molecule has 0 aliphatic rings. The van der Waals surface area contributed by atoms with Crippen LogP contribution in [0.25, 0.3) is 0 Å². The largest absolute Gasteiger partial charge is 0.386 e. The molecule has 0 saturated carbocycles. The van der Waals surface area contributed by atoms with E-state index >= 15 is 0 Å². The molecule has 2 heteroatoms. The Morgan fingerprint density at radius 2 is 2.00 bits per heavy atom. The predicted octanol–water partition coefficient (Wildman–Crippen LogP) is 1.20. The fourth-order valence-corrected chi connectivity index (χ4v) is 0.532. The van der Waals surface area contributed by atoms with Crippen LogP contribution in [0.2, 0.25) is 0 Å². The molecule has 0 rings (SSSR count). The monoisotopic (exact) mass is 128 g/mol. The molecule has 0 saturated heterocycles. The van der Waals surface area contributed by atoms with Crippen molar-refractivity contribution in [3.63, 3.8) is 0 Å². The summed E-state index contributed by atoms with van der Waals surface area (Å²) in [7, 11) is 0. The summed E-state index contributed by atoms with van der Waals surface area (Å²) in [5, 5.41) is 3.05. The molecule has 0 aromatic carbocycles. The molecule has 54 valence electrons. The maximum absolute atomic E-state index is 5.61. The summed E-state index contributed by atoms with van der Waals surface area (Å²) in [6, 6.07) is 0. The first-order valence-corrected chi connectivity index (χ1v) is 3.41. The molecule has 0 aromatic rings. The number of allylic oxidation sites excluding steroid dienone is 1. The fourth-order valence-electron chi connectivity index (χ4n) is 0.532. The van der Waals surface area contributed by atoms with Gasteiger partial charge < -0.3 is 11.1 Å². The molecule has 0 unspecified atom stereocenters. The molecule has 9 heavy (non-hydrogen) atoms. The predicted molar refractivity (Wildman–Crippen MR) is 40.9 cm³/mol. The highest BCUT2D eigenvalue weighted by Crippen LogP contribution is 1.98. The molecular weight excluding hydrogens is 112 g/mol. The summed E-state index contributed by atoms with van der Waals surface area (Å²) in [5.41, 5.74) is 6.84. The van der Waals surface area contributed by atoms with E-state index in [1.807, 2.05) is 13.8 Å². The first kappa shape index (κ1) is 8.34. The van der Waals surface area contributed by atoms with E-state index in [4.69, 9.17) is 5.73 Å². The Morgan fingerprint density at radius 3 is 2.33 bits per heavy atom. The highest BCUT2D eigenvalue weighted by molar-refractivity contribution is 5.05. The smallest absolute Gasteiger partial charge is 0.0948 e. The zero-order chi connectivity index (χ0) is 7.28. The average Bonchev–Trinajstić information content (AvgIpc) is 1.87. The van der Waals surface area contributed by atoms with Crippen molar-refractivity contribution >= 4 is 0 Å². The van der Waals surface area contributed by atoms with Gasteiger partial charge in [-0.25, -0.2) is 0 Å². The lowest BCUT2D eigenvalue weighted by molar-refractivity contribution is 0.810. The van der Waals surface area contributed by atoms with Crippen LogP contribution in [0.3, 0.4) is 0 Å². The Kier molecular flexibility index (Phi) is 3.93. The summed E-state index contributed by atoms with van der Waals surface area (Å²) in [4.78, 5) is 0. The zero-order valence-corrected chi connectivity index (χ0v) is 6.49. The van der Waals surface area contributed by atoms with E-state index in [0.717, 1.165) is 18.8 Å². The molecular formula is C7H16N2. The van der Waals surface area contributed by atoms with Gasteiger partial charge in [0.05, 0.1) is 5.82 Å². The lowest BCUT2D eigenvalue weighted by atomic mass is 10.2. The number of nitrogens with one attached hydrogen (secondary N) is 1. The Bertz CT molecular complexity index is 105. The number of hydrogen-bond acceptors (Lipinski definition) is 2. The molecule has 0 aliphatic carbocycles. The van der Waals surface area contributed by atoms with E-state index in [9.17, 15) is 0 Å². The molecule has 0 fully saturated rings. The molecule has 0 aromatic heterocycles. The maximum atomic E-state index is 5.61. The third-order valence-electron chi connectivity index (χ3n) is 1.36. The minimum atomic E-state index is 0.833. The topological polar surface area (TPSA) is 38.0 Å². The van der Waals surface area contributed by atoms with Crippen LogP contribution in [0.15, 0.2) is 11.4 Å². The van der Waals surface area contributed by atoms with Crippen molar-refractivity contribution in [2.45, 2.75) is 27.2 Å². The highest BCUT2D eigenvalue weighted by atomic mass is 15.0. The van der Waals surface area contributed by atoms with Gasteiger partial charge >= 0.3 is 0 Å². The van der Waals surface area contributed by atoms with Crippen LogP contribution >= 0.6 is 0 Å². The Labute approximate surface area is 57.1 Å². The fraction of sp³-hybridized carbons (Fsp3) is 0.714. The number of rotatable bonds is 3. The molecule has 0 radical (unpaired) electrons. The van der Waals surface area contributed by atoms with Crippen molar-refractivity contribution in [2.75, 3.05) is 6.54 Å². The minimum Gasteiger partial charge on any atom is -0.386 e. The van der Waals surface area contributed by atoms with E-state index in [-0.39, 0.29) is 0 Å². The summed E-state index contributed by atoms with van der Waals surface area (Å²) in [6.07, 6.45) is 1.03. The first-order valence-electron chi connectivity index (χ1n) is 3.41. The Morgan fingerprint density at radius 1 is 1.44 bits per heavy atom. The molecule has 0 aliphatic heterocycles. The van der Waals surface area contributed by atoms with Gasteiger partial charge in [-0.2, -0.15) is 0 Å². The summed E-state index contributed by atoms with van der Waals surface area (Å²) >= 11 is 0. The third kappa shape index (κ3) is 3.01. The van der Waals surface area contributed by atoms with Crippen LogP contribution in [0.4, 0.5) is 0 Å². The van der Waals surface area contributed by atoms with Crippen LogP contribution in [0, 0.1) is 0 Å². The number of nitrogens with two attached hydrogens (primary N) is 1. The standard InChI is InChI=1S/C7H16N2/c1-4-6(3)7(8)9-5-2/h9H,4-5,8H2,1-3H3/b7-6-. The van der Waals surface area contributed by atoms with Gasteiger partial charge in [0.25, 0.3) is 0 Å². The second-order valence-electron chi connectivity index (χ2n) is 2.08. The van der Waals surface area contributed by atoms with E-state index in [1.165, 1.54) is 5.57 Å². The average molecular weight is 128 g/mol. The van der Waals surface area contributed by atoms with E-state index in [0.29, 0.717) is 0 Å². The Balaban J connectivity index is 3.78. The van der Waals surface area contributed by atoms with Crippen molar-refractivity contribution < 1.29 is 0 Å². The quantitative estimate of drug-likeness (QED) is 0.599. The van der Waals surface area contributed by atoms with Gasteiger partial charge in [-0.05, 0) is 25.8 Å². The summed E-state index contributed by atoms with van der Waals surface area (Å²) in [5.74, 6) is 0.833. The van der Waals surface area contributed by atoms with Crippen LogP contribution in [0.1, 0.15) is 27.2 Å². The molecule has 3 N–H and O–H groups in total. The van der Waals surface area contributed by atoms with Crippen molar-refractivity contribution in [3.05, 3.63) is 11.4 Å². The first-order chi connectivity index (χ1) is 4.22. The molecule has 0 heterocycles. The third-order valence-corrected chi connectivity index (χ3v) is 1.36. The van der Waals surface area contributed by atoms with Gasteiger partial charge in [-0.15, -0.1) is 0 Å². The van der Waals surface area contributed by atoms with Gasteiger partial charge in [-0.3, -0.25) is 0 Å². The SMILES string of the molecule is CCN/C(N)=C(/C)CC. The number of hydrogen-bond donors (Lipinski definition) is 2. The highest BCUT2D eigenvalue weighted by Gasteiger charge is 1.90. The Hall–Kier alpha value is -0.660. The van der Waals surface area contributed by atoms with Crippen LogP contribution in [0.5, 0.6) is 0 Å². The van der Waals surface area contributed by atoms with E-state index in [1.54, 1.807) is 0 Å². The van der Waals surface area contributed by atoms with Crippen molar-refractivity contribution in [2.24, 2.45) is 5.73 Å². The van der Waals surface area contributed by atoms with Crippen LogP contribution in [-0.4, -0.2) is 6.54 Å². The van der Waals surface area contributed by atoms with Gasteiger partial charge in [0.15, 0.2) is 0 Å².